The summed E-state index contributed by atoms with van der Waals surface area (Å²) < 4.78 is 5.54. The molecule has 0 saturated heterocycles. The zero-order valence-electron chi connectivity index (χ0n) is 12.9. The molecule has 0 aromatic carbocycles. The second kappa shape index (κ2) is 9.15. The van der Waals surface area contributed by atoms with Crippen LogP contribution in [0, 0.1) is 13.8 Å². The Balaban J connectivity index is 0.00000220. The summed E-state index contributed by atoms with van der Waals surface area (Å²) in [7, 11) is 1.87. The first kappa shape index (κ1) is 20.9. The van der Waals surface area contributed by atoms with Crippen molar-refractivity contribution in [1.29, 1.82) is 0 Å². The van der Waals surface area contributed by atoms with Crippen molar-refractivity contribution in [2.45, 2.75) is 26.8 Å². The van der Waals surface area contributed by atoms with Crippen molar-refractivity contribution < 1.29 is 9.21 Å². The number of aromatic nitrogens is 1. The predicted molar refractivity (Wildman–Crippen MR) is 94.6 cm³/mol. The number of amides is 1. The molecule has 22 heavy (non-hydrogen) atoms. The number of nitrogens with one attached hydrogen (secondary N) is 2. The Hall–Kier alpha value is -1.08. The summed E-state index contributed by atoms with van der Waals surface area (Å²) in [5.41, 5.74) is 0.730. The molecule has 0 spiro atoms. The van der Waals surface area contributed by atoms with Gasteiger partial charge in [0, 0.05) is 12.6 Å². The van der Waals surface area contributed by atoms with Crippen LogP contribution in [0.5, 0.6) is 0 Å². The van der Waals surface area contributed by atoms with E-state index in [1.54, 1.807) is 0 Å². The Morgan fingerprint density at radius 2 is 2.05 bits per heavy atom. The second-order valence-corrected chi connectivity index (χ2v) is 5.74. The summed E-state index contributed by atoms with van der Waals surface area (Å²) in [5.74, 6) is 1.46. The minimum Gasteiger partial charge on any atom is -0.459 e. The summed E-state index contributed by atoms with van der Waals surface area (Å²) in [6.07, 6.45) is 0. The topological polar surface area (TPSA) is 67.2 Å². The van der Waals surface area contributed by atoms with Gasteiger partial charge in [-0.1, -0.05) is 0 Å². The average molecular weight is 366 g/mol. The number of thiazole rings is 1. The van der Waals surface area contributed by atoms with Crippen LogP contribution in [-0.2, 0) is 0 Å². The number of furan rings is 1. The highest BCUT2D eigenvalue weighted by atomic mass is 35.5. The third kappa shape index (κ3) is 4.98. The maximum atomic E-state index is 12.1. The maximum Gasteiger partial charge on any atom is 0.263 e. The van der Waals surface area contributed by atoms with Gasteiger partial charge in [-0.25, -0.2) is 4.98 Å². The van der Waals surface area contributed by atoms with Gasteiger partial charge in [-0.3, -0.25) is 4.79 Å². The highest BCUT2D eigenvalue weighted by Crippen LogP contribution is 2.29. The van der Waals surface area contributed by atoms with Crippen molar-refractivity contribution in [3.63, 3.8) is 0 Å². The molecule has 2 N–H and O–H groups in total. The predicted octanol–water partition coefficient (Wildman–Crippen LogP) is 3.20. The quantitative estimate of drug-likeness (QED) is 0.853. The molecule has 0 aliphatic carbocycles. The molecular formula is C14H21Cl2N3O2S. The maximum absolute atomic E-state index is 12.1. The largest absolute Gasteiger partial charge is 0.459 e. The lowest BCUT2D eigenvalue weighted by Gasteiger charge is -2.10. The normalized spacial score (nSPS) is 11.3. The Labute approximate surface area is 146 Å². The first-order chi connectivity index (χ1) is 9.51. The summed E-state index contributed by atoms with van der Waals surface area (Å²) >= 11 is 1.36. The second-order valence-electron chi connectivity index (χ2n) is 4.74. The lowest BCUT2D eigenvalue weighted by molar-refractivity contribution is 0.0954. The number of likely N-dealkylation sites (N-methyl/N-ethyl adjacent to an activating group) is 1. The molecule has 1 unspecified atom stereocenters. The smallest absolute Gasteiger partial charge is 0.263 e. The van der Waals surface area contributed by atoms with Crippen molar-refractivity contribution in [2.24, 2.45) is 0 Å². The van der Waals surface area contributed by atoms with E-state index in [2.05, 4.69) is 15.6 Å². The van der Waals surface area contributed by atoms with E-state index >= 15 is 0 Å². The van der Waals surface area contributed by atoms with Gasteiger partial charge < -0.3 is 15.1 Å². The summed E-state index contributed by atoms with van der Waals surface area (Å²) in [4.78, 5) is 17.2. The molecule has 2 aromatic rings. The lowest BCUT2D eigenvalue weighted by atomic mass is 10.3. The minimum absolute atomic E-state index is 0. The molecule has 8 heteroatoms. The molecule has 0 radical (unpaired) electrons. The summed E-state index contributed by atoms with van der Waals surface area (Å²) in [5, 5.41) is 6.72. The molecule has 2 aromatic heterocycles. The Bertz CT molecular complexity index is 613. The molecule has 2 rings (SSSR count). The van der Waals surface area contributed by atoms with E-state index in [1.165, 1.54) is 11.3 Å². The molecule has 0 saturated carbocycles. The molecule has 1 atom stereocenters. The highest BCUT2D eigenvalue weighted by molar-refractivity contribution is 7.17. The first-order valence-electron chi connectivity index (χ1n) is 6.51. The van der Waals surface area contributed by atoms with Crippen molar-refractivity contribution in [3.05, 3.63) is 28.5 Å². The number of hydrogen-bond acceptors (Lipinski definition) is 5. The van der Waals surface area contributed by atoms with Gasteiger partial charge in [-0.05, 0) is 40.0 Å². The van der Waals surface area contributed by atoms with Gasteiger partial charge in [-0.2, -0.15) is 0 Å². The van der Waals surface area contributed by atoms with Crippen LogP contribution in [0.3, 0.4) is 0 Å². The lowest BCUT2D eigenvalue weighted by Crippen LogP contribution is -2.37. The monoisotopic (exact) mass is 365 g/mol. The van der Waals surface area contributed by atoms with E-state index in [4.69, 9.17) is 4.42 Å². The van der Waals surface area contributed by atoms with Gasteiger partial charge in [0.1, 0.15) is 10.6 Å². The van der Waals surface area contributed by atoms with E-state index in [0.717, 1.165) is 16.5 Å². The van der Waals surface area contributed by atoms with Crippen LogP contribution in [-0.4, -0.2) is 30.5 Å². The van der Waals surface area contributed by atoms with Crippen molar-refractivity contribution in [1.82, 2.24) is 15.6 Å². The number of nitrogens with zero attached hydrogens (tertiary/aromatic N) is 1. The fourth-order valence-corrected chi connectivity index (χ4v) is 2.63. The van der Waals surface area contributed by atoms with Crippen molar-refractivity contribution in [3.8, 4) is 10.8 Å². The minimum atomic E-state index is -0.0865. The standard InChI is InChI=1S/C14H19N3O2S.2ClH/c1-8(15-4)7-16-13(18)12-10(3)17-14(20-12)11-6-5-9(2)19-11;;/h5-6,8,15H,7H2,1-4H3,(H,16,18);2*1H. The zero-order valence-corrected chi connectivity index (χ0v) is 15.4. The fourth-order valence-electron chi connectivity index (χ4n) is 1.69. The van der Waals surface area contributed by atoms with Crippen LogP contribution < -0.4 is 10.6 Å². The van der Waals surface area contributed by atoms with Gasteiger partial charge in [0.2, 0.25) is 0 Å². The molecule has 124 valence electrons. The number of halogens is 2. The number of aryl methyl sites for hydroxylation is 2. The van der Waals surface area contributed by atoms with Crippen LogP contribution in [0.2, 0.25) is 0 Å². The fraction of sp³-hybridized carbons (Fsp3) is 0.429. The number of rotatable bonds is 5. The van der Waals surface area contributed by atoms with Gasteiger partial charge in [0.05, 0.1) is 5.69 Å². The highest BCUT2D eigenvalue weighted by Gasteiger charge is 2.17. The molecule has 2 heterocycles. The van der Waals surface area contributed by atoms with Gasteiger partial charge >= 0.3 is 0 Å². The van der Waals surface area contributed by atoms with E-state index < -0.39 is 0 Å². The van der Waals surface area contributed by atoms with E-state index in [0.29, 0.717) is 17.2 Å². The van der Waals surface area contributed by atoms with Crippen LogP contribution in [0.4, 0.5) is 0 Å². The third-order valence-electron chi connectivity index (χ3n) is 3.02. The summed E-state index contributed by atoms with van der Waals surface area (Å²) in [6, 6.07) is 4.00. The van der Waals surface area contributed by atoms with Crippen LogP contribution in [0.1, 0.15) is 28.0 Å². The van der Waals surface area contributed by atoms with E-state index in [9.17, 15) is 4.79 Å². The van der Waals surface area contributed by atoms with Gasteiger partial charge in [0.15, 0.2) is 10.8 Å². The van der Waals surface area contributed by atoms with Crippen LogP contribution in [0.25, 0.3) is 10.8 Å². The van der Waals surface area contributed by atoms with E-state index in [-0.39, 0.29) is 36.8 Å². The summed E-state index contributed by atoms with van der Waals surface area (Å²) in [6.45, 7) is 6.32. The van der Waals surface area contributed by atoms with Gasteiger partial charge in [-0.15, -0.1) is 36.2 Å². The van der Waals surface area contributed by atoms with Crippen LogP contribution in [0.15, 0.2) is 16.5 Å². The molecular weight excluding hydrogens is 345 g/mol. The number of carbonyl (C=O) groups is 1. The van der Waals surface area contributed by atoms with Crippen LogP contribution >= 0.6 is 36.2 Å². The first-order valence-corrected chi connectivity index (χ1v) is 7.32. The molecule has 0 aliphatic rings. The average Bonchev–Trinajstić information content (AvgIpc) is 3.01. The van der Waals surface area contributed by atoms with Crippen molar-refractivity contribution in [2.75, 3.05) is 13.6 Å². The SMILES string of the molecule is CNC(C)CNC(=O)c1sc(-c2ccc(C)o2)nc1C.Cl.Cl. The number of hydrogen-bond donors (Lipinski definition) is 2. The molecule has 0 fully saturated rings. The Morgan fingerprint density at radius 3 is 2.59 bits per heavy atom. The number of carbonyl (C=O) groups excluding carboxylic acids is 1. The molecule has 1 amide bonds. The van der Waals surface area contributed by atoms with E-state index in [1.807, 2.05) is 40.0 Å². The Morgan fingerprint density at radius 1 is 1.36 bits per heavy atom. The third-order valence-corrected chi connectivity index (χ3v) is 4.19. The molecule has 0 aliphatic heterocycles. The van der Waals surface area contributed by atoms with Gasteiger partial charge in [0.25, 0.3) is 5.91 Å². The van der Waals surface area contributed by atoms with Crippen molar-refractivity contribution >= 4 is 42.1 Å². The zero-order chi connectivity index (χ0) is 14.7. The molecule has 0 bridgehead atoms. The Kier molecular flexibility index (Phi) is 8.70. The molecule has 5 nitrogen and oxygen atoms in total.